The summed E-state index contributed by atoms with van der Waals surface area (Å²) < 4.78 is 12.0. The highest BCUT2D eigenvalue weighted by Crippen LogP contribution is 2.51. The van der Waals surface area contributed by atoms with Gasteiger partial charge in [0.2, 0.25) is 5.04 Å². The number of hydrogen-bond donors (Lipinski definition) is 1. The van der Waals surface area contributed by atoms with Crippen LogP contribution in [0.25, 0.3) is 0 Å². The van der Waals surface area contributed by atoms with Gasteiger partial charge in [0.15, 0.2) is 13.1 Å². The number of nitriles is 1. The molecular weight excluding hydrogens is 600 g/mol. The van der Waals surface area contributed by atoms with E-state index in [4.69, 9.17) is 9.47 Å². The van der Waals surface area contributed by atoms with Gasteiger partial charge in [0.1, 0.15) is 12.4 Å². The number of carbonyl (C=O) groups is 3. The number of allylic oxidation sites excluding steroid dienone is 5. The van der Waals surface area contributed by atoms with Crippen molar-refractivity contribution in [2.24, 2.45) is 0 Å². The van der Waals surface area contributed by atoms with E-state index in [-0.39, 0.29) is 37.4 Å². The van der Waals surface area contributed by atoms with Crippen molar-refractivity contribution in [1.29, 1.82) is 5.26 Å². The molecule has 2 aromatic rings. The minimum absolute atomic E-state index is 0.0609. The first-order chi connectivity index (χ1) is 21.7. The standard InChI is InChI=1S/C32H30N4O8S/c1-32(19-24-4-2-3-5-27(24)36(41)42)26-18-25(44-22-38)8-9-28(26)35(13-12-31(39)40)29(32)10-6-23(20-33)7-11-30-34(15-17-45-30)14-16-43-21-37/h2-11,18,21-22H,12-17,19H2,1H3/p+1. The first kappa shape index (κ1) is 32.7. The number of para-hydroxylation sites is 1. The third kappa shape index (κ3) is 7.66. The van der Waals surface area contributed by atoms with Gasteiger partial charge in [0.25, 0.3) is 18.6 Å². The Morgan fingerprint density at radius 3 is 2.78 bits per heavy atom. The van der Waals surface area contributed by atoms with E-state index < -0.39 is 16.3 Å². The molecule has 2 aromatic carbocycles. The van der Waals surface area contributed by atoms with E-state index in [9.17, 15) is 34.9 Å². The fourth-order valence-corrected chi connectivity index (χ4v) is 6.57. The number of nitrogens with zero attached hydrogens (tertiary/aromatic N) is 4. The lowest BCUT2D eigenvalue weighted by Gasteiger charge is -2.30. The molecule has 0 saturated heterocycles. The number of hydrogen-bond acceptors (Lipinski definition) is 10. The first-order valence-electron chi connectivity index (χ1n) is 14.0. The minimum atomic E-state index is -1.01. The van der Waals surface area contributed by atoms with E-state index in [1.54, 1.807) is 66.4 Å². The maximum atomic E-state index is 11.9. The summed E-state index contributed by atoms with van der Waals surface area (Å²) in [5.74, 6) is 0.115. The van der Waals surface area contributed by atoms with E-state index in [2.05, 4.69) is 10.6 Å². The quantitative estimate of drug-likeness (QED) is 0.0571. The van der Waals surface area contributed by atoms with Crippen LogP contribution in [-0.4, -0.2) is 70.6 Å². The Hall–Kier alpha value is -5.22. The Balaban J connectivity index is 1.82. The van der Waals surface area contributed by atoms with Crippen molar-refractivity contribution in [3.8, 4) is 11.8 Å². The van der Waals surface area contributed by atoms with Gasteiger partial charge >= 0.3 is 5.97 Å². The van der Waals surface area contributed by atoms with Gasteiger partial charge < -0.3 is 19.5 Å². The number of carboxylic acids is 1. The Morgan fingerprint density at radius 2 is 2.07 bits per heavy atom. The van der Waals surface area contributed by atoms with Crippen LogP contribution in [0.3, 0.4) is 0 Å². The molecule has 0 radical (unpaired) electrons. The highest BCUT2D eigenvalue weighted by Gasteiger charge is 2.45. The number of carboxylic acid groups (broad SMARTS) is 1. The van der Waals surface area contributed by atoms with Crippen molar-refractivity contribution in [3.05, 3.63) is 99.3 Å². The molecule has 1 unspecified atom stereocenters. The lowest BCUT2D eigenvalue weighted by atomic mass is 9.76. The summed E-state index contributed by atoms with van der Waals surface area (Å²) in [6.45, 7) is 4.24. The lowest BCUT2D eigenvalue weighted by molar-refractivity contribution is -0.518. The molecule has 4 rings (SSSR count). The predicted molar refractivity (Wildman–Crippen MR) is 167 cm³/mol. The third-order valence-corrected chi connectivity index (χ3v) is 8.68. The summed E-state index contributed by atoms with van der Waals surface area (Å²) in [4.78, 5) is 46.6. The van der Waals surface area contributed by atoms with Gasteiger partial charge in [-0.05, 0) is 55.3 Å². The summed E-state index contributed by atoms with van der Waals surface area (Å²) in [5.41, 5.74) is 1.74. The number of anilines is 1. The van der Waals surface area contributed by atoms with Crippen LogP contribution in [0.4, 0.5) is 11.4 Å². The molecule has 0 amide bonds. The molecule has 0 saturated carbocycles. The van der Waals surface area contributed by atoms with Gasteiger partial charge in [-0.3, -0.25) is 24.5 Å². The summed E-state index contributed by atoms with van der Waals surface area (Å²) >= 11 is 1.62. The molecule has 13 heteroatoms. The number of benzene rings is 2. The number of ether oxygens (including phenoxy) is 2. The Kier molecular flexibility index (Phi) is 10.9. The average Bonchev–Trinajstić information content (AvgIpc) is 3.56. The number of rotatable bonds is 15. The van der Waals surface area contributed by atoms with Crippen LogP contribution in [-0.2, 0) is 31.0 Å². The maximum Gasteiger partial charge on any atom is 0.305 e. The molecule has 0 fully saturated rings. The number of nitro benzene ring substituents is 1. The Morgan fingerprint density at radius 1 is 1.27 bits per heavy atom. The number of fused-ring (bicyclic) bond motifs is 1. The SMILES string of the molecule is CC1(Cc2ccccc2[N+](=O)[O-])C(=CC=C(C#N)C=CC2=[N+](CCOC=O)CCS2)N(CCC(=O)O)c2ccc(OC=O)cc21. The number of thioether (sulfide) groups is 1. The molecule has 0 aliphatic carbocycles. The second-order valence-corrected chi connectivity index (χ2v) is 11.5. The van der Waals surface area contributed by atoms with Crippen LogP contribution >= 0.6 is 11.8 Å². The van der Waals surface area contributed by atoms with E-state index in [1.165, 1.54) is 6.07 Å². The van der Waals surface area contributed by atoms with E-state index in [0.717, 1.165) is 17.3 Å². The smallest absolute Gasteiger partial charge is 0.305 e. The van der Waals surface area contributed by atoms with Gasteiger partial charge in [0.05, 0.1) is 28.7 Å². The molecule has 2 heterocycles. The molecule has 2 aliphatic heterocycles. The maximum absolute atomic E-state index is 11.9. The molecular formula is C32H31N4O8S+. The molecule has 0 spiro atoms. The second-order valence-electron chi connectivity index (χ2n) is 10.3. The fraction of sp³-hybridized carbons (Fsp3) is 0.281. The van der Waals surface area contributed by atoms with Crippen LogP contribution in [0.1, 0.15) is 24.5 Å². The highest BCUT2D eigenvalue weighted by molar-refractivity contribution is 8.14. The molecule has 0 aromatic heterocycles. The van der Waals surface area contributed by atoms with Gasteiger partial charge in [0, 0.05) is 41.1 Å². The second kappa shape index (κ2) is 15.0. The minimum Gasteiger partial charge on any atom is -0.481 e. The van der Waals surface area contributed by atoms with Crippen LogP contribution in [0.5, 0.6) is 5.75 Å². The summed E-state index contributed by atoms with van der Waals surface area (Å²) in [6, 6.07) is 13.6. The first-order valence-corrected chi connectivity index (χ1v) is 15.0. The van der Waals surface area contributed by atoms with Crippen molar-refractivity contribution in [1.82, 2.24) is 0 Å². The van der Waals surface area contributed by atoms with Crippen LogP contribution < -0.4 is 9.64 Å². The summed E-state index contributed by atoms with van der Waals surface area (Å²) in [5, 5.41) is 32.4. The molecule has 1 N–H and O–H groups in total. The number of nitro groups is 1. The molecule has 45 heavy (non-hydrogen) atoms. The van der Waals surface area contributed by atoms with Crippen molar-refractivity contribution < 1.29 is 38.5 Å². The Labute approximate surface area is 263 Å². The zero-order chi connectivity index (χ0) is 32.4. The van der Waals surface area contributed by atoms with Gasteiger partial charge in [-0.1, -0.05) is 30.0 Å². The number of aliphatic carboxylic acids is 1. The van der Waals surface area contributed by atoms with Crippen LogP contribution in [0.2, 0.25) is 0 Å². The van der Waals surface area contributed by atoms with E-state index in [1.807, 2.05) is 17.9 Å². The van der Waals surface area contributed by atoms with Crippen molar-refractivity contribution in [3.63, 3.8) is 0 Å². The third-order valence-electron chi connectivity index (χ3n) is 7.60. The fourth-order valence-electron chi connectivity index (χ4n) is 5.52. The normalized spacial score (nSPS) is 18.6. The van der Waals surface area contributed by atoms with Gasteiger partial charge in [-0.2, -0.15) is 5.26 Å². The summed E-state index contributed by atoms with van der Waals surface area (Å²) in [6.07, 6.45) is 6.84. The summed E-state index contributed by atoms with van der Waals surface area (Å²) in [7, 11) is 0. The Bertz CT molecular complexity index is 1660. The zero-order valence-corrected chi connectivity index (χ0v) is 25.3. The molecule has 0 bridgehead atoms. The highest BCUT2D eigenvalue weighted by atomic mass is 32.2. The van der Waals surface area contributed by atoms with Crippen molar-refractivity contribution >= 4 is 47.1 Å². The molecule has 232 valence electrons. The van der Waals surface area contributed by atoms with E-state index in [0.29, 0.717) is 47.6 Å². The van der Waals surface area contributed by atoms with Crippen molar-refractivity contribution in [2.75, 3.05) is 36.9 Å². The van der Waals surface area contributed by atoms with Crippen molar-refractivity contribution in [2.45, 2.75) is 25.2 Å². The molecule has 1 atom stereocenters. The lowest BCUT2D eigenvalue weighted by Crippen LogP contribution is -2.32. The number of carbonyl (C=O) groups excluding carboxylic acids is 2. The largest absolute Gasteiger partial charge is 0.481 e. The molecule has 2 aliphatic rings. The van der Waals surface area contributed by atoms with Crippen LogP contribution in [0, 0.1) is 21.4 Å². The van der Waals surface area contributed by atoms with Gasteiger partial charge in [-0.15, -0.1) is 0 Å². The average molecular weight is 632 g/mol. The monoisotopic (exact) mass is 631 g/mol. The van der Waals surface area contributed by atoms with Gasteiger partial charge in [-0.25, -0.2) is 4.58 Å². The molecule has 12 nitrogen and oxygen atoms in total. The van der Waals surface area contributed by atoms with Crippen LogP contribution in [0.15, 0.2) is 78.0 Å². The predicted octanol–water partition coefficient (Wildman–Crippen LogP) is 4.15. The van der Waals surface area contributed by atoms with E-state index >= 15 is 0 Å². The topological polar surface area (TPSA) is 163 Å². The zero-order valence-electron chi connectivity index (χ0n) is 24.5.